The number of carbonyl (C=O) groups excluding carboxylic acids is 1. The van der Waals surface area contributed by atoms with Gasteiger partial charge in [-0.25, -0.2) is 0 Å². The number of amides is 1. The van der Waals surface area contributed by atoms with E-state index >= 15 is 0 Å². The van der Waals surface area contributed by atoms with Gasteiger partial charge in [0.05, 0.1) is 17.4 Å². The number of hydrogen-bond acceptors (Lipinski definition) is 4. The SMILES string of the molecule is Cn1cc(C(=O)NCC2CCN(CC(O)c3ccccc3)CC2)c(C(C)(C)C)n1. The second-order valence-electron chi connectivity index (χ2n) is 9.20. The molecule has 1 aromatic carbocycles. The maximum atomic E-state index is 12.7. The molecule has 1 saturated heterocycles. The molecule has 6 heteroatoms. The van der Waals surface area contributed by atoms with Crippen LogP contribution in [-0.4, -0.2) is 51.9 Å². The molecule has 2 aromatic rings. The summed E-state index contributed by atoms with van der Waals surface area (Å²) in [6, 6.07) is 9.82. The summed E-state index contributed by atoms with van der Waals surface area (Å²) < 4.78 is 1.71. The number of piperidine rings is 1. The molecule has 1 aliphatic rings. The summed E-state index contributed by atoms with van der Waals surface area (Å²) >= 11 is 0. The number of nitrogens with one attached hydrogen (secondary N) is 1. The average Bonchev–Trinajstić information content (AvgIpc) is 3.10. The highest BCUT2D eigenvalue weighted by Gasteiger charge is 2.27. The third kappa shape index (κ3) is 5.67. The van der Waals surface area contributed by atoms with Gasteiger partial charge in [-0.2, -0.15) is 5.10 Å². The van der Waals surface area contributed by atoms with Crippen LogP contribution in [0.3, 0.4) is 0 Å². The van der Waals surface area contributed by atoms with E-state index in [1.165, 1.54) is 0 Å². The lowest BCUT2D eigenvalue weighted by molar-refractivity contribution is 0.0851. The van der Waals surface area contributed by atoms with E-state index in [1.54, 1.807) is 4.68 Å². The molecule has 3 rings (SSSR count). The Morgan fingerprint density at radius 2 is 1.90 bits per heavy atom. The number of carbonyl (C=O) groups is 1. The summed E-state index contributed by atoms with van der Waals surface area (Å²) in [7, 11) is 1.85. The molecular weight excluding hydrogens is 364 g/mol. The van der Waals surface area contributed by atoms with Crippen LogP contribution in [0.4, 0.5) is 0 Å². The van der Waals surface area contributed by atoms with Crippen LogP contribution in [-0.2, 0) is 12.5 Å². The van der Waals surface area contributed by atoms with E-state index in [-0.39, 0.29) is 11.3 Å². The van der Waals surface area contributed by atoms with Gasteiger partial charge in [-0.05, 0) is 37.4 Å². The molecule has 1 amide bonds. The first-order valence-electron chi connectivity index (χ1n) is 10.5. The molecule has 0 radical (unpaired) electrons. The number of aromatic nitrogens is 2. The molecule has 158 valence electrons. The van der Waals surface area contributed by atoms with Crippen molar-refractivity contribution in [1.29, 1.82) is 0 Å². The van der Waals surface area contributed by atoms with Crippen LogP contribution in [0.25, 0.3) is 0 Å². The number of likely N-dealkylation sites (tertiary alicyclic amines) is 1. The number of aryl methyl sites for hydroxylation is 1. The molecule has 6 nitrogen and oxygen atoms in total. The van der Waals surface area contributed by atoms with Gasteiger partial charge in [0.2, 0.25) is 0 Å². The minimum absolute atomic E-state index is 0.0371. The van der Waals surface area contributed by atoms with Crippen molar-refractivity contribution >= 4 is 5.91 Å². The molecule has 1 fully saturated rings. The summed E-state index contributed by atoms with van der Waals surface area (Å²) in [6.07, 6.45) is 3.42. The second-order valence-corrected chi connectivity index (χ2v) is 9.20. The van der Waals surface area contributed by atoms with Gasteiger partial charge in [-0.3, -0.25) is 9.48 Å². The Hall–Kier alpha value is -2.18. The highest BCUT2D eigenvalue weighted by atomic mass is 16.3. The van der Waals surface area contributed by atoms with Crippen molar-refractivity contribution in [1.82, 2.24) is 20.0 Å². The number of hydrogen-bond donors (Lipinski definition) is 2. The van der Waals surface area contributed by atoms with E-state index < -0.39 is 6.10 Å². The summed E-state index contributed by atoms with van der Waals surface area (Å²) in [6.45, 7) is 9.47. The largest absolute Gasteiger partial charge is 0.387 e. The van der Waals surface area contributed by atoms with Crippen molar-refractivity contribution in [3.05, 3.63) is 53.3 Å². The molecule has 29 heavy (non-hydrogen) atoms. The fourth-order valence-electron chi connectivity index (χ4n) is 3.94. The third-order valence-electron chi connectivity index (χ3n) is 5.66. The van der Waals surface area contributed by atoms with Gasteiger partial charge in [0, 0.05) is 31.7 Å². The summed E-state index contributed by atoms with van der Waals surface area (Å²) in [5, 5.41) is 18.0. The van der Waals surface area contributed by atoms with Crippen LogP contribution in [0.1, 0.15) is 61.3 Å². The third-order valence-corrected chi connectivity index (χ3v) is 5.66. The molecule has 1 aromatic heterocycles. The van der Waals surface area contributed by atoms with Gasteiger partial charge in [0.15, 0.2) is 0 Å². The maximum Gasteiger partial charge on any atom is 0.254 e. The number of aliphatic hydroxyl groups excluding tert-OH is 1. The molecule has 1 atom stereocenters. The van der Waals surface area contributed by atoms with E-state index in [9.17, 15) is 9.90 Å². The van der Waals surface area contributed by atoms with E-state index in [0.717, 1.165) is 37.2 Å². The van der Waals surface area contributed by atoms with Crippen molar-refractivity contribution in [3.63, 3.8) is 0 Å². The van der Waals surface area contributed by atoms with Crippen molar-refractivity contribution in [2.24, 2.45) is 13.0 Å². The Bertz CT molecular complexity index is 802. The van der Waals surface area contributed by atoms with Crippen molar-refractivity contribution < 1.29 is 9.90 Å². The molecule has 0 aliphatic carbocycles. The van der Waals surface area contributed by atoms with E-state index in [0.29, 0.717) is 24.6 Å². The lowest BCUT2D eigenvalue weighted by atomic mass is 9.89. The zero-order valence-corrected chi connectivity index (χ0v) is 18.1. The van der Waals surface area contributed by atoms with Gasteiger partial charge in [-0.15, -0.1) is 0 Å². The van der Waals surface area contributed by atoms with Crippen LogP contribution in [0.15, 0.2) is 36.5 Å². The fourth-order valence-corrected chi connectivity index (χ4v) is 3.94. The van der Waals surface area contributed by atoms with Crippen LogP contribution >= 0.6 is 0 Å². The Morgan fingerprint density at radius 3 is 2.52 bits per heavy atom. The van der Waals surface area contributed by atoms with Crippen molar-refractivity contribution in [2.45, 2.75) is 45.1 Å². The van der Waals surface area contributed by atoms with Crippen molar-refractivity contribution in [2.75, 3.05) is 26.2 Å². The van der Waals surface area contributed by atoms with Crippen LogP contribution < -0.4 is 5.32 Å². The predicted octanol–water partition coefficient (Wildman–Crippen LogP) is 2.89. The minimum Gasteiger partial charge on any atom is -0.387 e. The lowest BCUT2D eigenvalue weighted by Gasteiger charge is -2.33. The zero-order valence-electron chi connectivity index (χ0n) is 18.1. The topological polar surface area (TPSA) is 70.4 Å². The number of β-amino-alcohol motifs (C(OH)–C–C–N with tert-alkyl or cyclic N) is 1. The van der Waals surface area contributed by atoms with Gasteiger partial charge < -0.3 is 15.3 Å². The average molecular weight is 399 g/mol. The monoisotopic (exact) mass is 398 g/mol. The smallest absolute Gasteiger partial charge is 0.254 e. The van der Waals surface area contributed by atoms with E-state index in [2.05, 4.69) is 36.1 Å². The Balaban J connectivity index is 1.46. The summed E-state index contributed by atoms with van der Waals surface area (Å²) in [5.41, 5.74) is 2.30. The Morgan fingerprint density at radius 1 is 1.24 bits per heavy atom. The van der Waals surface area contributed by atoms with Crippen molar-refractivity contribution in [3.8, 4) is 0 Å². The van der Waals surface area contributed by atoms with Crippen LogP contribution in [0.2, 0.25) is 0 Å². The molecule has 1 aliphatic heterocycles. The first kappa shape index (κ1) is 21.5. The zero-order chi connectivity index (χ0) is 21.0. The molecule has 1 unspecified atom stereocenters. The fraction of sp³-hybridized carbons (Fsp3) is 0.565. The molecule has 0 bridgehead atoms. The highest BCUT2D eigenvalue weighted by molar-refractivity contribution is 5.95. The lowest BCUT2D eigenvalue weighted by Crippen LogP contribution is -2.40. The molecule has 0 spiro atoms. The normalized spacial score (nSPS) is 17.3. The second kappa shape index (κ2) is 9.09. The Labute approximate surface area is 173 Å². The minimum atomic E-state index is -0.450. The van der Waals surface area contributed by atoms with E-state index in [4.69, 9.17) is 0 Å². The van der Waals surface area contributed by atoms with E-state index in [1.807, 2.05) is 43.6 Å². The number of aliphatic hydroxyl groups is 1. The number of benzene rings is 1. The van der Waals surface area contributed by atoms with Crippen LogP contribution in [0, 0.1) is 5.92 Å². The first-order chi connectivity index (χ1) is 13.7. The predicted molar refractivity (Wildman–Crippen MR) is 115 cm³/mol. The number of nitrogens with zero attached hydrogens (tertiary/aromatic N) is 3. The summed E-state index contributed by atoms with van der Waals surface area (Å²) in [5.74, 6) is 0.434. The first-order valence-corrected chi connectivity index (χ1v) is 10.5. The van der Waals surface area contributed by atoms with Gasteiger partial charge in [0.25, 0.3) is 5.91 Å². The molecule has 2 heterocycles. The highest BCUT2D eigenvalue weighted by Crippen LogP contribution is 2.24. The molecular formula is C23H34N4O2. The van der Waals surface area contributed by atoms with Gasteiger partial charge in [0.1, 0.15) is 0 Å². The standard InChI is InChI=1S/C23H34N4O2/c1-23(2,3)21-19(15-26(4)25-21)22(29)24-14-17-10-12-27(13-11-17)16-20(28)18-8-6-5-7-9-18/h5-9,15,17,20,28H,10-14,16H2,1-4H3,(H,24,29). The quantitative estimate of drug-likeness (QED) is 0.785. The number of rotatable bonds is 6. The van der Waals surface area contributed by atoms with Gasteiger partial charge in [-0.1, -0.05) is 51.1 Å². The van der Waals surface area contributed by atoms with Crippen LogP contribution in [0.5, 0.6) is 0 Å². The maximum absolute atomic E-state index is 12.7. The summed E-state index contributed by atoms with van der Waals surface area (Å²) in [4.78, 5) is 15.0. The molecule has 0 saturated carbocycles. The Kier molecular flexibility index (Phi) is 6.75. The van der Waals surface area contributed by atoms with Gasteiger partial charge >= 0.3 is 0 Å². The molecule has 2 N–H and O–H groups in total.